The number of amides is 2. The van der Waals surface area contributed by atoms with Gasteiger partial charge >= 0.3 is 0 Å². The van der Waals surface area contributed by atoms with E-state index < -0.39 is 0 Å². The second kappa shape index (κ2) is 8.36. The van der Waals surface area contributed by atoms with E-state index in [1.54, 1.807) is 6.20 Å². The van der Waals surface area contributed by atoms with Crippen LogP contribution in [-0.2, 0) is 4.79 Å². The Morgan fingerprint density at radius 1 is 1.12 bits per heavy atom. The molecule has 0 aromatic carbocycles. The van der Waals surface area contributed by atoms with E-state index in [1.165, 1.54) is 38.5 Å². The fourth-order valence-electron chi connectivity index (χ4n) is 7.96. The molecule has 7 heteroatoms. The number of carbonyl (C=O) groups is 2. The minimum Gasteiger partial charge on any atom is -0.336 e. The van der Waals surface area contributed by atoms with Gasteiger partial charge in [0, 0.05) is 37.8 Å². The first-order chi connectivity index (χ1) is 16.4. The summed E-state index contributed by atoms with van der Waals surface area (Å²) in [6.45, 7) is 5.71. The molecule has 4 saturated carbocycles. The van der Waals surface area contributed by atoms with Gasteiger partial charge in [0.1, 0.15) is 17.2 Å². The van der Waals surface area contributed by atoms with Crippen LogP contribution in [0.2, 0.25) is 0 Å². The molecule has 4 aliphatic carbocycles. The predicted octanol–water partition coefficient (Wildman–Crippen LogP) is 4.09. The summed E-state index contributed by atoms with van der Waals surface area (Å²) in [4.78, 5) is 32.8. The standard InChI is InChI=1S/C27H37N5O2/c1-17(2)28-21-6-7-31(15-21)26(34)22-16-32-23(29-22)4-3-5-24(32)30-25(33)14-27-11-18-8-19(12-27)10-20(9-18)13-27/h3-5,16-21,28H,6-15H2,1-2H3,(H,30,33). The summed E-state index contributed by atoms with van der Waals surface area (Å²) in [6, 6.07) is 6.42. The number of imidazole rings is 1. The first-order valence-electron chi connectivity index (χ1n) is 13.2. The molecule has 2 aromatic heterocycles. The van der Waals surface area contributed by atoms with Crippen LogP contribution in [0.3, 0.4) is 0 Å². The fourth-order valence-corrected chi connectivity index (χ4v) is 7.96. The molecular weight excluding hydrogens is 426 g/mol. The molecule has 0 radical (unpaired) electrons. The van der Waals surface area contributed by atoms with Crippen LogP contribution in [0.25, 0.3) is 5.65 Å². The Morgan fingerprint density at radius 2 is 1.82 bits per heavy atom. The molecule has 2 amide bonds. The fraction of sp³-hybridized carbons (Fsp3) is 0.667. The average molecular weight is 464 g/mol. The number of hydrogen-bond acceptors (Lipinski definition) is 4. The van der Waals surface area contributed by atoms with Crippen molar-refractivity contribution in [3.63, 3.8) is 0 Å². The summed E-state index contributed by atoms with van der Waals surface area (Å²) >= 11 is 0. The zero-order valence-electron chi connectivity index (χ0n) is 20.4. The molecule has 1 unspecified atom stereocenters. The zero-order valence-corrected chi connectivity index (χ0v) is 20.4. The lowest BCUT2D eigenvalue weighted by Crippen LogP contribution is -2.47. The third kappa shape index (κ3) is 4.12. The Kier molecular flexibility index (Phi) is 5.43. The first-order valence-corrected chi connectivity index (χ1v) is 13.2. The second-order valence-corrected chi connectivity index (χ2v) is 12.0. The molecule has 5 fully saturated rings. The Balaban J connectivity index is 1.15. The molecule has 1 saturated heterocycles. The van der Waals surface area contributed by atoms with E-state index in [4.69, 9.17) is 0 Å². The van der Waals surface area contributed by atoms with Crippen molar-refractivity contribution in [2.24, 2.45) is 23.2 Å². The summed E-state index contributed by atoms with van der Waals surface area (Å²) in [7, 11) is 0. The topological polar surface area (TPSA) is 78.7 Å². The lowest BCUT2D eigenvalue weighted by molar-refractivity contribution is -0.124. The van der Waals surface area contributed by atoms with Crippen LogP contribution < -0.4 is 10.6 Å². The van der Waals surface area contributed by atoms with Crippen molar-refractivity contribution < 1.29 is 9.59 Å². The van der Waals surface area contributed by atoms with Crippen molar-refractivity contribution in [3.8, 4) is 0 Å². The number of hydrogen-bond donors (Lipinski definition) is 2. The van der Waals surface area contributed by atoms with E-state index in [0.717, 1.165) is 30.7 Å². The Morgan fingerprint density at radius 3 is 2.50 bits per heavy atom. The maximum Gasteiger partial charge on any atom is 0.274 e. The Hall–Kier alpha value is -2.41. The Labute approximate surface area is 201 Å². The van der Waals surface area contributed by atoms with Gasteiger partial charge in [-0.2, -0.15) is 0 Å². The maximum atomic E-state index is 13.2. The first kappa shape index (κ1) is 22.1. The van der Waals surface area contributed by atoms with Gasteiger partial charge in [0.2, 0.25) is 5.91 Å². The molecule has 2 N–H and O–H groups in total. The summed E-state index contributed by atoms with van der Waals surface area (Å²) < 4.78 is 1.85. The van der Waals surface area contributed by atoms with Gasteiger partial charge in [0.05, 0.1) is 0 Å². The molecule has 2 aromatic rings. The maximum absolute atomic E-state index is 13.2. The lowest BCUT2D eigenvalue weighted by atomic mass is 9.49. The number of nitrogens with zero attached hydrogens (tertiary/aromatic N) is 3. The summed E-state index contributed by atoms with van der Waals surface area (Å²) in [6.07, 6.45) is 11.2. The van der Waals surface area contributed by atoms with Crippen LogP contribution in [0.1, 0.15) is 75.7 Å². The van der Waals surface area contributed by atoms with Gasteiger partial charge in [-0.05, 0) is 80.2 Å². The highest BCUT2D eigenvalue weighted by Gasteiger charge is 2.51. The molecule has 0 spiro atoms. The van der Waals surface area contributed by atoms with Crippen molar-refractivity contribution in [3.05, 3.63) is 30.1 Å². The number of carbonyl (C=O) groups excluding carboxylic acids is 2. The quantitative estimate of drug-likeness (QED) is 0.676. The van der Waals surface area contributed by atoms with Crippen molar-refractivity contribution >= 4 is 23.3 Å². The molecular formula is C27H37N5O2. The number of anilines is 1. The van der Waals surface area contributed by atoms with E-state index in [0.29, 0.717) is 42.2 Å². The molecule has 3 heterocycles. The number of aromatic nitrogens is 2. The minimum absolute atomic E-state index is 0.0393. The monoisotopic (exact) mass is 463 g/mol. The van der Waals surface area contributed by atoms with Gasteiger partial charge in [-0.1, -0.05) is 19.9 Å². The van der Waals surface area contributed by atoms with Crippen molar-refractivity contribution in [2.75, 3.05) is 18.4 Å². The molecule has 1 atom stereocenters. The minimum atomic E-state index is -0.0393. The largest absolute Gasteiger partial charge is 0.336 e. The van der Waals surface area contributed by atoms with Crippen LogP contribution in [0.15, 0.2) is 24.4 Å². The normalized spacial score (nSPS) is 32.1. The SMILES string of the molecule is CC(C)NC1CCN(C(=O)c2cn3c(NC(=O)CC45CC6CC(CC(C6)C4)C5)cccc3n2)C1. The summed E-state index contributed by atoms with van der Waals surface area (Å²) in [5, 5.41) is 6.68. The third-order valence-corrected chi connectivity index (χ3v) is 8.72. The Bertz CT molecular complexity index is 1070. The van der Waals surface area contributed by atoms with Crippen LogP contribution in [0.5, 0.6) is 0 Å². The lowest BCUT2D eigenvalue weighted by Gasteiger charge is -2.56. The van der Waals surface area contributed by atoms with Crippen LogP contribution in [0, 0.1) is 23.2 Å². The number of fused-ring (bicyclic) bond motifs is 1. The van der Waals surface area contributed by atoms with Crippen molar-refractivity contribution in [1.29, 1.82) is 0 Å². The number of nitrogens with one attached hydrogen (secondary N) is 2. The number of pyridine rings is 1. The van der Waals surface area contributed by atoms with E-state index in [1.807, 2.05) is 27.5 Å². The second-order valence-electron chi connectivity index (χ2n) is 12.0. The van der Waals surface area contributed by atoms with Gasteiger partial charge in [0.15, 0.2) is 0 Å². The van der Waals surface area contributed by atoms with Gasteiger partial charge in [-0.3, -0.25) is 14.0 Å². The van der Waals surface area contributed by atoms with Gasteiger partial charge < -0.3 is 15.5 Å². The van der Waals surface area contributed by atoms with E-state index in [-0.39, 0.29) is 17.2 Å². The van der Waals surface area contributed by atoms with Crippen LogP contribution in [0.4, 0.5) is 5.82 Å². The van der Waals surface area contributed by atoms with E-state index in [9.17, 15) is 9.59 Å². The van der Waals surface area contributed by atoms with Gasteiger partial charge in [0.25, 0.3) is 5.91 Å². The van der Waals surface area contributed by atoms with Gasteiger partial charge in [-0.15, -0.1) is 0 Å². The summed E-state index contributed by atoms with van der Waals surface area (Å²) in [5.41, 5.74) is 1.33. The highest BCUT2D eigenvalue weighted by molar-refractivity contribution is 5.94. The average Bonchev–Trinajstić information content (AvgIpc) is 3.39. The molecule has 4 bridgehead atoms. The molecule has 182 valence electrons. The molecule has 1 aliphatic heterocycles. The predicted molar refractivity (Wildman–Crippen MR) is 132 cm³/mol. The van der Waals surface area contributed by atoms with Crippen LogP contribution in [-0.4, -0.2) is 51.3 Å². The highest BCUT2D eigenvalue weighted by atomic mass is 16.2. The summed E-state index contributed by atoms with van der Waals surface area (Å²) in [5.74, 6) is 3.27. The smallest absolute Gasteiger partial charge is 0.274 e. The number of rotatable bonds is 6. The third-order valence-electron chi connectivity index (χ3n) is 8.72. The molecule has 34 heavy (non-hydrogen) atoms. The van der Waals surface area contributed by atoms with Crippen molar-refractivity contribution in [1.82, 2.24) is 19.6 Å². The van der Waals surface area contributed by atoms with Gasteiger partial charge in [-0.25, -0.2) is 4.98 Å². The van der Waals surface area contributed by atoms with Crippen LogP contribution >= 0.6 is 0 Å². The molecule has 5 aliphatic rings. The molecule has 7 nitrogen and oxygen atoms in total. The van der Waals surface area contributed by atoms with E-state index >= 15 is 0 Å². The zero-order chi connectivity index (χ0) is 23.4. The number of likely N-dealkylation sites (tertiary alicyclic amines) is 1. The highest BCUT2D eigenvalue weighted by Crippen LogP contribution is 2.61. The molecule has 7 rings (SSSR count). The van der Waals surface area contributed by atoms with Crippen molar-refractivity contribution in [2.45, 2.75) is 77.3 Å². The van der Waals surface area contributed by atoms with E-state index in [2.05, 4.69) is 29.5 Å².